The Kier molecular flexibility index (Phi) is 4.11. The summed E-state index contributed by atoms with van der Waals surface area (Å²) < 4.78 is 0. The second-order valence-corrected chi connectivity index (χ2v) is 3.46. The molecular formula is C10H10Cl2N2. The van der Waals surface area contributed by atoms with E-state index in [1.165, 1.54) is 0 Å². The van der Waals surface area contributed by atoms with Crippen molar-refractivity contribution < 1.29 is 0 Å². The van der Waals surface area contributed by atoms with Gasteiger partial charge in [0.25, 0.3) is 0 Å². The number of hydrogen-bond acceptors (Lipinski definition) is 2. The molecule has 0 atom stereocenters. The molecule has 0 spiro atoms. The quantitative estimate of drug-likeness (QED) is 0.572. The minimum Gasteiger partial charge on any atom is -0.232 e. The maximum Gasteiger partial charge on any atom is 0.133 e. The summed E-state index contributed by atoms with van der Waals surface area (Å²) in [5, 5.41) is 0.954. The zero-order valence-corrected chi connectivity index (χ0v) is 9.47. The SMILES string of the molecule is C/C=C/C=C(\Cl)c1cc(Cl)nc(C)n1. The summed E-state index contributed by atoms with van der Waals surface area (Å²) in [6, 6.07) is 1.64. The van der Waals surface area contributed by atoms with Crippen molar-refractivity contribution in [2.75, 3.05) is 0 Å². The number of halogens is 2. The van der Waals surface area contributed by atoms with Gasteiger partial charge in [-0.1, -0.05) is 35.4 Å². The van der Waals surface area contributed by atoms with E-state index in [9.17, 15) is 0 Å². The van der Waals surface area contributed by atoms with Crippen LogP contribution in [0.5, 0.6) is 0 Å². The van der Waals surface area contributed by atoms with Gasteiger partial charge in [-0.15, -0.1) is 0 Å². The first-order valence-electron chi connectivity index (χ1n) is 4.13. The van der Waals surface area contributed by atoms with Gasteiger partial charge in [0.1, 0.15) is 11.0 Å². The topological polar surface area (TPSA) is 25.8 Å². The standard InChI is InChI=1S/C10H10Cl2N2/c1-3-4-5-8(11)9-6-10(12)14-7(2)13-9/h3-6H,1-2H3/b4-3+,8-5-. The van der Waals surface area contributed by atoms with Gasteiger partial charge in [0.2, 0.25) is 0 Å². The van der Waals surface area contributed by atoms with Crippen LogP contribution in [0.2, 0.25) is 5.15 Å². The predicted octanol–water partition coefficient (Wildman–Crippen LogP) is 3.59. The molecular weight excluding hydrogens is 219 g/mol. The van der Waals surface area contributed by atoms with Crippen molar-refractivity contribution in [2.45, 2.75) is 13.8 Å². The average Bonchev–Trinajstić information content (AvgIpc) is 2.12. The number of hydrogen-bond donors (Lipinski definition) is 0. The van der Waals surface area contributed by atoms with Gasteiger partial charge in [-0.2, -0.15) is 0 Å². The normalized spacial score (nSPS) is 12.4. The van der Waals surface area contributed by atoms with Crippen LogP contribution >= 0.6 is 23.2 Å². The smallest absolute Gasteiger partial charge is 0.133 e. The molecule has 14 heavy (non-hydrogen) atoms. The number of nitrogens with zero attached hydrogens (tertiary/aromatic N) is 2. The van der Waals surface area contributed by atoms with E-state index in [4.69, 9.17) is 23.2 Å². The van der Waals surface area contributed by atoms with Crippen molar-refractivity contribution in [2.24, 2.45) is 0 Å². The Hall–Kier alpha value is -0.860. The molecule has 0 aliphatic carbocycles. The van der Waals surface area contributed by atoms with Crippen molar-refractivity contribution in [3.8, 4) is 0 Å². The van der Waals surface area contributed by atoms with Crippen LogP contribution in [0.4, 0.5) is 0 Å². The van der Waals surface area contributed by atoms with Crippen LogP contribution < -0.4 is 0 Å². The number of aryl methyl sites for hydroxylation is 1. The fourth-order valence-corrected chi connectivity index (χ4v) is 1.31. The Balaban J connectivity index is 3.06. The van der Waals surface area contributed by atoms with E-state index in [0.717, 1.165) is 0 Å². The predicted molar refractivity (Wildman–Crippen MR) is 60.4 cm³/mol. The molecule has 4 heteroatoms. The summed E-state index contributed by atoms with van der Waals surface area (Å²) >= 11 is 11.8. The third-order valence-electron chi connectivity index (χ3n) is 1.49. The van der Waals surface area contributed by atoms with Crippen molar-refractivity contribution in [1.29, 1.82) is 0 Å². The Labute approximate surface area is 93.3 Å². The zero-order valence-electron chi connectivity index (χ0n) is 7.96. The van der Waals surface area contributed by atoms with E-state index in [0.29, 0.717) is 21.7 Å². The fraction of sp³-hybridized carbons (Fsp3) is 0.200. The second-order valence-electron chi connectivity index (χ2n) is 2.66. The summed E-state index contributed by atoms with van der Waals surface area (Å²) in [7, 11) is 0. The molecule has 1 aromatic rings. The number of aromatic nitrogens is 2. The lowest BCUT2D eigenvalue weighted by Gasteiger charge is -1.99. The highest BCUT2D eigenvalue weighted by molar-refractivity contribution is 6.48. The molecule has 0 fully saturated rings. The van der Waals surface area contributed by atoms with E-state index in [1.54, 1.807) is 19.1 Å². The lowest BCUT2D eigenvalue weighted by molar-refractivity contribution is 1.04. The number of rotatable bonds is 2. The first-order valence-corrected chi connectivity index (χ1v) is 4.89. The molecule has 0 radical (unpaired) electrons. The second kappa shape index (κ2) is 5.13. The Morgan fingerprint density at radius 3 is 2.71 bits per heavy atom. The first kappa shape index (κ1) is 11.2. The summed E-state index contributed by atoms with van der Waals surface area (Å²) in [4.78, 5) is 8.10. The fourth-order valence-electron chi connectivity index (χ4n) is 0.920. The molecule has 0 aliphatic heterocycles. The molecule has 0 saturated carbocycles. The summed E-state index contributed by atoms with van der Waals surface area (Å²) in [5.41, 5.74) is 0.641. The van der Waals surface area contributed by atoms with Crippen LogP contribution in [0.15, 0.2) is 24.3 Å². The maximum atomic E-state index is 5.99. The van der Waals surface area contributed by atoms with Crippen LogP contribution in [-0.4, -0.2) is 9.97 Å². The molecule has 1 rings (SSSR count). The minimum atomic E-state index is 0.402. The summed E-state index contributed by atoms with van der Waals surface area (Å²) in [6.07, 6.45) is 5.49. The Morgan fingerprint density at radius 1 is 1.43 bits per heavy atom. The summed E-state index contributed by atoms with van der Waals surface area (Å²) in [6.45, 7) is 3.69. The number of allylic oxidation sites excluding steroid dienone is 3. The highest BCUT2D eigenvalue weighted by Gasteiger charge is 2.02. The largest absolute Gasteiger partial charge is 0.232 e. The zero-order chi connectivity index (χ0) is 10.6. The molecule has 1 aromatic heterocycles. The highest BCUT2D eigenvalue weighted by Crippen LogP contribution is 2.19. The van der Waals surface area contributed by atoms with E-state index < -0.39 is 0 Å². The van der Waals surface area contributed by atoms with E-state index in [-0.39, 0.29) is 0 Å². The lowest BCUT2D eigenvalue weighted by atomic mass is 10.3. The minimum absolute atomic E-state index is 0.402. The molecule has 0 amide bonds. The average molecular weight is 229 g/mol. The van der Waals surface area contributed by atoms with Crippen LogP contribution in [0.25, 0.3) is 5.03 Å². The first-order chi connectivity index (χ1) is 6.63. The molecule has 0 aromatic carbocycles. The van der Waals surface area contributed by atoms with Crippen LogP contribution in [0, 0.1) is 6.92 Å². The lowest BCUT2D eigenvalue weighted by Crippen LogP contribution is -1.92. The molecule has 0 N–H and O–H groups in total. The molecule has 0 unspecified atom stereocenters. The van der Waals surface area contributed by atoms with E-state index in [2.05, 4.69) is 9.97 Å². The van der Waals surface area contributed by atoms with Gasteiger partial charge in [-0.05, 0) is 19.9 Å². The van der Waals surface area contributed by atoms with Crippen molar-refractivity contribution in [3.05, 3.63) is 41.0 Å². The van der Waals surface area contributed by atoms with Gasteiger partial charge < -0.3 is 0 Å². The maximum absolute atomic E-state index is 5.99. The molecule has 1 heterocycles. The van der Waals surface area contributed by atoms with E-state index in [1.807, 2.05) is 19.1 Å². The van der Waals surface area contributed by atoms with Gasteiger partial charge in [-0.25, -0.2) is 9.97 Å². The van der Waals surface area contributed by atoms with Crippen molar-refractivity contribution >= 4 is 28.2 Å². The van der Waals surface area contributed by atoms with Gasteiger partial charge in [0.05, 0.1) is 10.7 Å². The molecule has 0 aliphatic rings. The van der Waals surface area contributed by atoms with Gasteiger partial charge in [-0.3, -0.25) is 0 Å². The molecule has 0 saturated heterocycles. The third-order valence-corrected chi connectivity index (χ3v) is 2.00. The summed E-state index contributed by atoms with van der Waals surface area (Å²) in [5.74, 6) is 0.611. The van der Waals surface area contributed by atoms with Crippen LogP contribution in [0.3, 0.4) is 0 Å². The Bertz CT molecular complexity index is 363. The third kappa shape index (κ3) is 3.13. The van der Waals surface area contributed by atoms with Crippen LogP contribution in [-0.2, 0) is 0 Å². The molecule has 74 valence electrons. The van der Waals surface area contributed by atoms with E-state index >= 15 is 0 Å². The Morgan fingerprint density at radius 2 is 2.14 bits per heavy atom. The van der Waals surface area contributed by atoms with Crippen molar-refractivity contribution in [1.82, 2.24) is 9.97 Å². The van der Waals surface area contributed by atoms with Crippen molar-refractivity contribution in [3.63, 3.8) is 0 Å². The molecule has 0 bridgehead atoms. The van der Waals surface area contributed by atoms with Gasteiger partial charge >= 0.3 is 0 Å². The monoisotopic (exact) mass is 228 g/mol. The van der Waals surface area contributed by atoms with Gasteiger partial charge in [0.15, 0.2) is 0 Å². The molecule has 2 nitrogen and oxygen atoms in total. The highest BCUT2D eigenvalue weighted by atomic mass is 35.5. The van der Waals surface area contributed by atoms with Gasteiger partial charge in [0, 0.05) is 6.07 Å². The van der Waals surface area contributed by atoms with Crippen LogP contribution in [0.1, 0.15) is 18.4 Å².